The summed E-state index contributed by atoms with van der Waals surface area (Å²) in [5, 5.41) is 10.2. The molecule has 0 fully saturated rings. The smallest absolute Gasteiger partial charge is 0.125 e. The molecular weight excluding hydrogens is 200 g/mol. The van der Waals surface area contributed by atoms with Gasteiger partial charge in [-0.2, -0.15) is 0 Å². The van der Waals surface area contributed by atoms with Gasteiger partial charge < -0.3 is 9.84 Å². The average molecular weight is 222 g/mol. The van der Waals surface area contributed by atoms with Crippen LogP contribution in [0.4, 0.5) is 0 Å². The monoisotopic (exact) mass is 222 g/mol. The third-order valence-electron chi connectivity index (χ3n) is 2.38. The second kappa shape index (κ2) is 5.35. The molecule has 0 aromatic heterocycles. The number of para-hydroxylation sites is 1. The highest BCUT2D eigenvalue weighted by Gasteiger charge is 2.20. The molecule has 1 aromatic carbocycles. The molecule has 0 bridgehead atoms. The Morgan fingerprint density at radius 1 is 1.25 bits per heavy atom. The van der Waals surface area contributed by atoms with E-state index in [9.17, 15) is 5.11 Å². The molecular formula is C14H22O2. The normalized spacial score (nSPS) is 13.6. The zero-order valence-corrected chi connectivity index (χ0v) is 10.7. The first-order chi connectivity index (χ1) is 7.44. The van der Waals surface area contributed by atoms with E-state index in [-0.39, 0.29) is 5.41 Å². The molecule has 0 aliphatic carbocycles. The number of rotatable bonds is 4. The van der Waals surface area contributed by atoms with Gasteiger partial charge in [-0.05, 0) is 24.8 Å². The molecule has 0 radical (unpaired) electrons. The van der Waals surface area contributed by atoms with Crippen LogP contribution in [-0.2, 0) is 0 Å². The number of aliphatic hydroxyl groups excluding tert-OH is 1. The van der Waals surface area contributed by atoms with Crippen molar-refractivity contribution >= 4 is 0 Å². The Morgan fingerprint density at radius 3 is 2.44 bits per heavy atom. The third kappa shape index (κ3) is 3.86. The minimum absolute atomic E-state index is 0.110. The van der Waals surface area contributed by atoms with E-state index in [2.05, 4.69) is 20.8 Å². The molecule has 1 atom stereocenters. The Balaban J connectivity index is 2.85. The van der Waals surface area contributed by atoms with Gasteiger partial charge in [0.2, 0.25) is 0 Å². The number of hydrogen-bond donors (Lipinski definition) is 1. The highest BCUT2D eigenvalue weighted by molar-refractivity contribution is 5.35. The lowest BCUT2D eigenvalue weighted by Crippen LogP contribution is -2.12. The van der Waals surface area contributed by atoms with Crippen molar-refractivity contribution in [2.75, 3.05) is 6.61 Å². The fourth-order valence-electron chi connectivity index (χ4n) is 1.73. The van der Waals surface area contributed by atoms with E-state index in [1.165, 1.54) is 0 Å². The van der Waals surface area contributed by atoms with Crippen LogP contribution in [0.5, 0.6) is 5.75 Å². The third-order valence-corrected chi connectivity index (χ3v) is 2.38. The molecule has 0 heterocycles. The maximum absolute atomic E-state index is 10.2. The van der Waals surface area contributed by atoms with Gasteiger partial charge in [0.25, 0.3) is 0 Å². The maximum atomic E-state index is 10.2. The van der Waals surface area contributed by atoms with Gasteiger partial charge in [0.1, 0.15) is 5.75 Å². The summed E-state index contributed by atoms with van der Waals surface area (Å²) < 4.78 is 5.51. The molecule has 1 aromatic rings. The largest absolute Gasteiger partial charge is 0.493 e. The van der Waals surface area contributed by atoms with Crippen molar-refractivity contribution in [2.24, 2.45) is 5.41 Å². The number of hydrogen-bond acceptors (Lipinski definition) is 2. The van der Waals surface area contributed by atoms with Gasteiger partial charge in [-0.15, -0.1) is 0 Å². The Morgan fingerprint density at radius 2 is 1.88 bits per heavy atom. The number of ether oxygens (including phenoxy) is 1. The Bertz CT molecular complexity index is 326. The van der Waals surface area contributed by atoms with Crippen LogP contribution >= 0.6 is 0 Å². The van der Waals surface area contributed by atoms with E-state index in [4.69, 9.17) is 4.74 Å². The van der Waals surface area contributed by atoms with Gasteiger partial charge in [-0.25, -0.2) is 0 Å². The summed E-state index contributed by atoms with van der Waals surface area (Å²) in [6, 6.07) is 7.70. The highest BCUT2D eigenvalue weighted by Crippen LogP contribution is 2.33. The van der Waals surface area contributed by atoms with Crippen LogP contribution in [0.25, 0.3) is 0 Å². The summed E-state index contributed by atoms with van der Waals surface area (Å²) in [4.78, 5) is 0. The highest BCUT2D eigenvalue weighted by atomic mass is 16.5. The molecule has 0 aliphatic rings. The number of aliphatic hydroxyl groups is 1. The van der Waals surface area contributed by atoms with E-state index >= 15 is 0 Å². The molecule has 90 valence electrons. The van der Waals surface area contributed by atoms with Gasteiger partial charge >= 0.3 is 0 Å². The van der Waals surface area contributed by atoms with Crippen LogP contribution in [0.1, 0.15) is 45.8 Å². The average Bonchev–Trinajstić information content (AvgIpc) is 2.16. The Labute approximate surface area is 98.3 Å². The van der Waals surface area contributed by atoms with Gasteiger partial charge in [-0.3, -0.25) is 0 Å². The summed E-state index contributed by atoms with van der Waals surface area (Å²) >= 11 is 0. The van der Waals surface area contributed by atoms with E-state index in [1.807, 2.05) is 31.2 Å². The second-order valence-electron chi connectivity index (χ2n) is 5.25. The first-order valence-electron chi connectivity index (χ1n) is 5.84. The molecule has 1 N–H and O–H groups in total. The fraction of sp³-hybridized carbons (Fsp3) is 0.571. The van der Waals surface area contributed by atoms with Crippen molar-refractivity contribution in [3.63, 3.8) is 0 Å². The predicted octanol–water partition coefficient (Wildman–Crippen LogP) is 3.55. The van der Waals surface area contributed by atoms with Gasteiger partial charge in [0.05, 0.1) is 12.7 Å². The lowest BCUT2D eigenvalue weighted by Gasteiger charge is -2.23. The molecule has 0 spiro atoms. The minimum atomic E-state index is -0.456. The van der Waals surface area contributed by atoms with Crippen LogP contribution in [-0.4, -0.2) is 11.7 Å². The molecule has 2 heteroatoms. The maximum Gasteiger partial charge on any atom is 0.125 e. The lowest BCUT2D eigenvalue weighted by atomic mass is 9.87. The Kier molecular flexibility index (Phi) is 4.36. The predicted molar refractivity (Wildman–Crippen MR) is 66.6 cm³/mol. The number of benzene rings is 1. The van der Waals surface area contributed by atoms with Crippen LogP contribution in [0.2, 0.25) is 0 Å². The molecule has 1 unspecified atom stereocenters. The minimum Gasteiger partial charge on any atom is -0.493 e. The van der Waals surface area contributed by atoms with E-state index in [1.54, 1.807) is 0 Å². The molecule has 16 heavy (non-hydrogen) atoms. The molecule has 0 saturated carbocycles. The SMILES string of the molecule is CCOc1ccccc1C(O)CC(C)(C)C. The summed E-state index contributed by atoms with van der Waals surface area (Å²) in [6.07, 6.45) is 0.277. The van der Waals surface area contributed by atoms with Gasteiger partial charge in [0, 0.05) is 5.56 Å². The van der Waals surface area contributed by atoms with E-state index in [0.717, 1.165) is 17.7 Å². The van der Waals surface area contributed by atoms with Gasteiger partial charge in [-0.1, -0.05) is 39.0 Å². The molecule has 0 aliphatic heterocycles. The van der Waals surface area contributed by atoms with E-state index in [0.29, 0.717) is 6.61 Å². The Hall–Kier alpha value is -1.02. The van der Waals surface area contributed by atoms with Crippen molar-refractivity contribution in [2.45, 2.75) is 40.2 Å². The summed E-state index contributed by atoms with van der Waals surface area (Å²) in [5.74, 6) is 0.793. The summed E-state index contributed by atoms with van der Waals surface area (Å²) in [7, 11) is 0. The first-order valence-corrected chi connectivity index (χ1v) is 5.84. The molecule has 1 rings (SSSR count). The standard InChI is InChI=1S/C14H22O2/c1-5-16-13-9-7-6-8-11(13)12(15)10-14(2,3)4/h6-9,12,15H,5,10H2,1-4H3. The van der Waals surface area contributed by atoms with Crippen LogP contribution < -0.4 is 4.74 Å². The molecule has 2 nitrogen and oxygen atoms in total. The van der Waals surface area contributed by atoms with Crippen LogP contribution in [0, 0.1) is 5.41 Å². The second-order valence-corrected chi connectivity index (χ2v) is 5.25. The quantitative estimate of drug-likeness (QED) is 0.844. The topological polar surface area (TPSA) is 29.5 Å². The molecule has 0 amide bonds. The van der Waals surface area contributed by atoms with Crippen molar-refractivity contribution < 1.29 is 9.84 Å². The van der Waals surface area contributed by atoms with Crippen LogP contribution in [0.15, 0.2) is 24.3 Å². The van der Waals surface area contributed by atoms with Crippen molar-refractivity contribution in [1.82, 2.24) is 0 Å². The van der Waals surface area contributed by atoms with Crippen LogP contribution in [0.3, 0.4) is 0 Å². The summed E-state index contributed by atoms with van der Waals surface area (Å²) in [6.45, 7) is 8.95. The van der Waals surface area contributed by atoms with Crippen molar-refractivity contribution in [3.05, 3.63) is 29.8 Å². The van der Waals surface area contributed by atoms with E-state index < -0.39 is 6.10 Å². The zero-order valence-electron chi connectivity index (χ0n) is 10.7. The van der Waals surface area contributed by atoms with Crippen molar-refractivity contribution in [1.29, 1.82) is 0 Å². The van der Waals surface area contributed by atoms with Gasteiger partial charge in [0.15, 0.2) is 0 Å². The lowest BCUT2D eigenvalue weighted by molar-refractivity contribution is 0.118. The summed E-state index contributed by atoms with van der Waals surface area (Å²) in [5.41, 5.74) is 0.998. The first kappa shape index (κ1) is 13.0. The molecule has 0 saturated heterocycles. The zero-order chi connectivity index (χ0) is 12.2. The fourth-order valence-corrected chi connectivity index (χ4v) is 1.73. The van der Waals surface area contributed by atoms with Crippen molar-refractivity contribution in [3.8, 4) is 5.75 Å².